The van der Waals surface area contributed by atoms with Crippen molar-refractivity contribution < 1.29 is 19.1 Å². The van der Waals surface area contributed by atoms with Crippen molar-refractivity contribution in [2.45, 2.75) is 19.4 Å². The molecule has 0 radical (unpaired) electrons. The fraction of sp³-hybridized carbons (Fsp3) is 0.333. The number of amides is 2. The van der Waals surface area contributed by atoms with E-state index in [1.54, 1.807) is 18.2 Å². The van der Waals surface area contributed by atoms with Crippen molar-refractivity contribution in [3.8, 4) is 11.5 Å². The molecule has 2 aliphatic rings. The molecular formula is C21H23N3O4. The first-order valence-electron chi connectivity index (χ1n) is 9.40. The van der Waals surface area contributed by atoms with Crippen molar-refractivity contribution in [1.29, 1.82) is 0 Å². The topological polar surface area (TPSA) is 93.9 Å². The van der Waals surface area contributed by atoms with Crippen LogP contribution in [0.15, 0.2) is 42.5 Å². The Kier molecular flexibility index (Phi) is 5.16. The third kappa shape index (κ3) is 4.09. The molecule has 0 spiro atoms. The summed E-state index contributed by atoms with van der Waals surface area (Å²) >= 11 is 0. The van der Waals surface area contributed by atoms with Gasteiger partial charge in [-0.1, -0.05) is 12.1 Å². The number of hydrogen-bond donors (Lipinski definition) is 2. The molecule has 0 bridgehead atoms. The number of hydrogen-bond acceptors (Lipinski definition) is 5. The van der Waals surface area contributed by atoms with E-state index in [-0.39, 0.29) is 24.5 Å². The highest BCUT2D eigenvalue weighted by Crippen LogP contribution is 2.32. The summed E-state index contributed by atoms with van der Waals surface area (Å²) in [6.45, 7) is 2.61. The molecule has 2 amide bonds. The number of likely N-dealkylation sites (tertiary alicyclic amines) is 1. The molecule has 28 heavy (non-hydrogen) atoms. The van der Waals surface area contributed by atoms with Gasteiger partial charge >= 0.3 is 0 Å². The average molecular weight is 381 g/mol. The lowest BCUT2D eigenvalue weighted by Crippen LogP contribution is -2.40. The van der Waals surface area contributed by atoms with E-state index in [4.69, 9.17) is 15.2 Å². The monoisotopic (exact) mass is 381 g/mol. The third-order valence-electron chi connectivity index (χ3n) is 5.16. The fourth-order valence-electron chi connectivity index (χ4n) is 3.62. The Hall–Kier alpha value is -3.06. The number of benzene rings is 2. The molecule has 146 valence electrons. The minimum Gasteiger partial charge on any atom is -0.454 e. The van der Waals surface area contributed by atoms with E-state index in [0.29, 0.717) is 23.6 Å². The van der Waals surface area contributed by atoms with Gasteiger partial charge in [-0.2, -0.15) is 0 Å². The highest BCUT2D eigenvalue weighted by atomic mass is 16.7. The van der Waals surface area contributed by atoms with Gasteiger partial charge in [-0.3, -0.25) is 14.5 Å². The number of anilines is 1. The van der Waals surface area contributed by atoms with Gasteiger partial charge in [-0.25, -0.2) is 0 Å². The first-order chi connectivity index (χ1) is 13.6. The van der Waals surface area contributed by atoms with E-state index in [1.807, 2.05) is 24.3 Å². The van der Waals surface area contributed by atoms with E-state index in [2.05, 4.69) is 10.2 Å². The Bertz CT molecular complexity index is 882. The van der Waals surface area contributed by atoms with Crippen LogP contribution in [-0.2, 0) is 11.3 Å². The van der Waals surface area contributed by atoms with Gasteiger partial charge < -0.3 is 20.5 Å². The number of rotatable bonds is 5. The maximum atomic E-state index is 12.5. The lowest BCUT2D eigenvalue weighted by atomic mass is 9.97. The highest BCUT2D eigenvalue weighted by Gasteiger charge is 2.23. The number of nitrogens with two attached hydrogens (primary N) is 1. The number of ether oxygens (including phenoxy) is 2. The quantitative estimate of drug-likeness (QED) is 0.829. The van der Waals surface area contributed by atoms with Gasteiger partial charge in [0, 0.05) is 24.3 Å². The second-order valence-corrected chi connectivity index (χ2v) is 7.20. The molecule has 7 heteroatoms. The number of primary amides is 1. The predicted octanol–water partition coefficient (Wildman–Crippen LogP) is 2.36. The summed E-state index contributed by atoms with van der Waals surface area (Å²) in [7, 11) is 0. The molecule has 7 nitrogen and oxygen atoms in total. The van der Waals surface area contributed by atoms with Crippen molar-refractivity contribution in [3.63, 3.8) is 0 Å². The van der Waals surface area contributed by atoms with E-state index in [1.165, 1.54) is 0 Å². The summed E-state index contributed by atoms with van der Waals surface area (Å²) in [5, 5.41) is 2.89. The zero-order valence-electron chi connectivity index (χ0n) is 15.5. The molecule has 0 saturated carbocycles. The lowest BCUT2D eigenvalue weighted by molar-refractivity contribution is -0.123. The first-order valence-corrected chi connectivity index (χ1v) is 9.40. The molecule has 4 rings (SSSR count). The van der Waals surface area contributed by atoms with Crippen molar-refractivity contribution in [3.05, 3.63) is 53.6 Å². The van der Waals surface area contributed by atoms with Crippen LogP contribution in [0, 0.1) is 5.92 Å². The van der Waals surface area contributed by atoms with Crippen LogP contribution >= 0.6 is 0 Å². The van der Waals surface area contributed by atoms with Crippen LogP contribution in [0.1, 0.15) is 28.8 Å². The summed E-state index contributed by atoms with van der Waals surface area (Å²) in [6.07, 6.45) is 1.86. The number of nitrogens with one attached hydrogen (secondary N) is 1. The van der Waals surface area contributed by atoms with Gasteiger partial charge in [-0.15, -0.1) is 0 Å². The van der Waals surface area contributed by atoms with Gasteiger partial charge in [-0.05, 0) is 55.3 Å². The second kappa shape index (κ2) is 7.90. The number of carbonyl (C=O) groups is 2. The minimum absolute atomic E-state index is 0.0611. The SMILES string of the molecule is NC(=O)C1CCCN(Cc2ccc(NC(=O)c3ccc4c(c3)OCO4)cc2)C1. The standard InChI is InChI=1S/C21H23N3O4/c22-20(25)16-2-1-9-24(12-16)11-14-3-6-17(7-4-14)23-21(26)15-5-8-18-19(10-15)28-13-27-18/h3-8,10,16H,1-2,9,11-13H2,(H2,22,25)(H,23,26). The van der Waals surface area contributed by atoms with Gasteiger partial charge in [0.25, 0.3) is 5.91 Å². The van der Waals surface area contributed by atoms with Crippen molar-refractivity contribution in [2.24, 2.45) is 11.7 Å². The molecule has 2 aliphatic heterocycles. The lowest BCUT2D eigenvalue weighted by Gasteiger charge is -2.31. The van der Waals surface area contributed by atoms with E-state index in [0.717, 1.165) is 37.2 Å². The Balaban J connectivity index is 1.35. The van der Waals surface area contributed by atoms with Crippen LogP contribution in [-0.4, -0.2) is 36.6 Å². The molecule has 1 atom stereocenters. The average Bonchev–Trinajstić information content (AvgIpc) is 3.17. The van der Waals surface area contributed by atoms with Crippen molar-refractivity contribution in [2.75, 3.05) is 25.2 Å². The van der Waals surface area contributed by atoms with Gasteiger partial charge in [0.2, 0.25) is 12.7 Å². The third-order valence-corrected chi connectivity index (χ3v) is 5.16. The Morgan fingerprint density at radius 2 is 1.89 bits per heavy atom. The number of carbonyl (C=O) groups excluding carboxylic acids is 2. The van der Waals surface area contributed by atoms with Crippen LogP contribution in [0.3, 0.4) is 0 Å². The Morgan fingerprint density at radius 1 is 1.11 bits per heavy atom. The summed E-state index contributed by atoms with van der Waals surface area (Å²) < 4.78 is 10.6. The number of nitrogens with zero attached hydrogens (tertiary/aromatic N) is 1. The summed E-state index contributed by atoms with van der Waals surface area (Å²) in [5.41, 5.74) is 7.81. The van der Waals surface area contributed by atoms with Crippen molar-refractivity contribution in [1.82, 2.24) is 4.90 Å². The van der Waals surface area contributed by atoms with Crippen LogP contribution in [0.25, 0.3) is 0 Å². The van der Waals surface area contributed by atoms with Crippen LogP contribution < -0.4 is 20.5 Å². The maximum absolute atomic E-state index is 12.5. The van der Waals surface area contributed by atoms with Crippen LogP contribution in [0.2, 0.25) is 0 Å². The van der Waals surface area contributed by atoms with Crippen LogP contribution in [0.4, 0.5) is 5.69 Å². The highest BCUT2D eigenvalue weighted by molar-refractivity contribution is 6.04. The molecule has 1 fully saturated rings. The van der Waals surface area contributed by atoms with Crippen molar-refractivity contribution >= 4 is 17.5 Å². The number of fused-ring (bicyclic) bond motifs is 1. The zero-order valence-corrected chi connectivity index (χ0v) is 15.5. The molecule has 1 unspecified atom stereocenters. The van der Waals surface area contributed by atoms with E-state index in [9.17, 15) is 9.59 Å². The summed E-state index contributed by atoms with van der Waals surface area (Å²) in [4.78, 5) is 26.1. The van der Waals surface area contributed by atoms with Gasteiger partial charge in [0.15, 0.2) is 11.5 Å². The molecular weight excluding hydrogens is 358 g/mol. The van der Waals surface area contributed by atoms with Gasteiger partial charge in [0.05, 0.1) is 5.92 Å². The van der Waals surface area contributed by atoms with E-state index < -0.39 is 0 Å². The molecule has 0 aromatic heterocycles. The zero-order chi connectivity index (χ0) is 19.5. The molecule has 3 N–H and O–H groups in total. The molecule has 1 saturated heterocycles. The predicted molar refractivity (Wildman–Crippen MR) is 104 cm³/mol. The molecule has 2 aromatic carbocycles. The maximum Gasteiger partial charge on any atom is 0.255 e. The van der Waals surface area contributed by atoms with E-state index >= 15 is 0 Å². The second-order valence-electron chi connectivity index (χ2n) is 7.20. The first kappa shape index (κ1) is 18.3. The van der Waals surface area contributed by atoms with Gasteiger partial charge in [0.1, 0.15) is 0 Å². The molecule has 0 aliphatic carbocycles. The molecule has 2 heterocycles. The Labute approximate surface area is 163 Å². The summed E-state index contributed by atoms with van der Waals surface area (Å²) in [6, 6.07) is 12.9. The smallest absolute Gasteiger partial charge is 0.255 e. The number of piperidine rings is 1. The Morgan fingerprint density at radius 3 is 2.68 bits per heavy atom. The largest absolute Gasteiger partial charge is 0.454 e. The summed E-state index contributed by atoms with van der Waals surface area (Å²) in [5.74, 6) is 0.752. The normalized spacial score (nSPS) is 18.6. The fourth-order valence-corrected chi connectivity index (χ4v) is 3.62. The molecule has 2 aromatic rings. The van der Waals surface area contributed by atoms with Crippen LogP contribution in [0.5, 0.6) is 11.5 Å². The minimum atomic E-state index is -0.216.